The molecule has 0 aliphatic carbocycles. The molecule has 1 aromatic heterocycles. The number of carbonyl (C=O) groups excluding carboxylic acids is 1. The Labute approximate surface area is 206 Å². The van der Waals surface area contributed by atoms with Crippen LogP contribution in [0.5, 0.6) is 23.0 Å². The predicted molar refractivity (Wildman–Crippen MR) is 122 cm³/mol. The van der Waals surface area contributed by atoms with Crippen molar-refractivity contribution in [3.8, 4) is 23.0 Å². The monoisotopic (exact) mass is 462 g/mol. The molecular weight excluding hydrogens is 426 g/mol. The molecule has 0 bridgehead atoms. The van der Waals surface area contributed by atoms with Crippen molar-refractivity contribution >= 4 is 28.6 Å². The van der Waals surface area contributed by atoms with Gasteiger partial charge in [-0.1, -0.05) is 12.1 Å². The Morgan fingerprint density at radius 3 is 2.58 bits per heavy atom. The van der Waals surface area contributed by atoms with Crippen LogP contribution < -0.4 is 29.6 Å². The summed E-state index contributed by atoms with van der Waals surface area (Å²) in [5.74, 6) is -3.74. The van der Waals surface area contributed by atoms with Gasteiger partial charge >= 0.3 is 0 Å². The molecule has 1 unspecified atom stereocenters. The van der Waals surface area contributed by atoms with E-state index < -0.39 is 73.9 Å². The second-order valence-corrected chi connectivity index (χ2v) is 6.63. The van der Waals surface area contributed by atoms with E-state index in [4.69, 9.17) is 39.8 Å². The summed E-state index contributed by atoms with van der Waals surface area (Å²) in [6.45, 7) is -15.6. The van der Waals surface area contributed by atoms with Gasteiger partial charge in [-0.05, 0) is 18.2 Å². The number of benzene rings is 2. The molecule has 2 aliphatic rings. The molecule has 1 saturated heterocycles. The van der Waals surface area contributed by atoms with Crippen molar-refractivity contribution in [3.63, 3.8) is 0 Å². The molecular formula is C23H25N5O5. The Bertz CT molecular complexity index is 1670. The van der Waals surface area contributed by atoms with Crippen LogP contribution in [0.2, 0.25) is 0 Å². The summed E-state index contributed by atoms with van der Waals surface area (Å²) in [6, 6.07) is 4.98. The molecule has 3 heterocycles. The molecule has 1 atom stereocenters. The first-order valence-electron chi connectivity index (χ1n) is 15.0. The van der Waals surface area contributed by atoms with E-state index >= 15 is 0 Å². The van der Waals surface area contributed by atoms with E-state index in [-0.39, 0.29) is 38.2 Å². The molecule has 2 aromatic carbocycles. The zero-order valence-corrected chi connectivity index (χ0v) is 17.4. The van der Waals surface area contributed by atoms with Crippen LogP contribution in [0.3, 0.4) is 0 Å². The molecule has 0 saturated carbocycles. The third-order valence-corrected chi connectivity index (χ3v) is 4.64. The smallest absolute Gasteiger partial charge is 0.267 e. The fraction of sp³-hybridized carbons (Fsp3) is 0.348. The highest BCUT2D eigenvalue weighted by Gasteiger charge is 2.33. The molecule has 5 rings (SSSR count). The second-order valence-electron chi connectivity index (χ2n) is 6.63. The SMILES string of the molecule is [2H]c1c(OC)c(OC)c([2H])c2c(N)nc(N3C([2H])([2H])C([2H])([2H])N(C(=O)C4([2H])COc5ccccc5O4)C([2H])([2H])C3([2H])[2H])nc12. The Morgan fingerprint density at radius 2 is 1.85 bits per heavy atom. The van der Waals surface area contributed by atoms with Gasteiger partial charge in [0.2, 0.25) is 12.0 Å². The lowest BCUT2D eigenvalue weighted by Gasteiger charge is -2.37. The van der Waals surface area contributed by atoms with Gasteiger partial charge in [0.25, 0.3) is 5.91 Å². The second kappa shape index (κ2) is 8.53. The molecule has 1 amide bonds. The van der Waals surface area contributed by atoms with Gasteiger partial charge in [0.15, 0.2) is 23.0 Å². The summed E-state index contributed by atoms with van der Waals surface area (Å²) < 4.78 is 116. The van der Waals surface area contributed by atoms with Crippen molar-refractivity contribution < 1.29 is 38.8 Å². The molecule has 2 aliphatic heterocycles. The first kappa shape index (κ1) is 11.8. The Kier molecular flexibility index (Phi) is 3.05. The van der Waals surface area contributed by atoms with Crippen molar-refractivity contribution in [3.05, 3.63) is 36.4 Å². The zero-order chi connectivity index (χ0) is 32.8. The number of aromatic nitrogens is 2. The number of piperazine rings is 1. The predicted octanol–water partition coefficient (Wildman–Crippen LogP) is 1.72. The third kappa shape index (κ3) is 3.88. The average Bonchev–Trinajstić information content (AvgIpc) is 2.93. The normalized spacial score (nSPS) is 30.9. The van der Waals surface area contributed by atoms with Gasteiger partial charge in [0.1, 0.15) is 12.4 Å². The molecule has 2 N–H and O–H groups in total. The van der Waals surface area contributed by atoms with Crippen molar-refractivity contribution in [1.82, 2.24) is 14.9 Å². The van der Waals surface area contributed by atoms with Crippen molar-refractivity contribution in [2.45, 2.75) is 6.08 Å². The van der Waals surface area contributed by atoms with E-state index in [1.807, 2.05) is 0 Å². The number of amides is 1. The van der Waals surface area contributed by atoms with Crippen LogP contribution in [0.15, 0.2) is 36.4 Å². The van der Waals surface area contributed by atoms with Crippen LogP contribution in [0.4, 0.5) is 11.8 Å². The molecule has 1 fully saturated rings. The molecule has 10 nitrogen and oxygen atoms in total. The van der Waals surface area contributed by atoms with E-state index in [0.29, 0.717) is 0 Å². The number of carbonyl (C=O) groups is 1. The fourth-order valence-electron chi connectivity index (χ4n) is 3.05. The number of fused-ring (bicyclic) bond motifs is 2. The third-order valence-electron chi connectivity index (χ3n) is 4.64. The standard InChI is InChI=1S/C23H25N5O5/c1-30-18-11-14-15(12-19(18)31-2)25-23(26-21(14)24)28-9-7-27(8-10-28)22(29)20-13-32-16-5-3-4-6-17(16)33-20/h3-6,11-12,20H,7-10,13H2,1-2H3,(H2,24,25,26)/i7D2,8D2,9D2,10D2,11D,12D,20D. The summed E-state index contributed by atoms with van der Waals surface area (Å²) in [7, 11) is 2.40. The first-order valence-corrected chi connectivity index (χ1v) is 9.54. The Hall–Kier alpha value is -3.95. The summed E-state index contributed by atoms with van der Waals surface area (Å²) in [4.78, 5) is 21.2. The number of nitrogens with zero attached hydrogens (tertiary/aromatic N) is 4. The van der Waals surface area contributed by atoms with E-state index in [0.717, 1.165) is 0 Å². The number of rotatable bonds is 4. The number of para-hydroxylation sites is 2. The lowest BCUT2D eigenvalue weighted by molar-refractivity contribution is -0.141. The van der Waals surface area contributed by atoms with Gasteiger partial charge in [-0.2, -0.15) is 4.98 Å². The summed E-state index contributed by atoms with van der Waals surface area (Å²) in [5.41, 5.74) is 5.63. The van der Waals surface area contributed by atoms with Crippen molar-refractivity contribution in [2.24, 2.45) is 0 Å². The number of nitrogens with two attached hydrogens (primary N) is 1. The lowest BCUT2D eigenvalue weighted by atomic mass is 10.2. The van der Waals surface area contributed by atoms with Gasteiger partial charge in [-0.3, -0.25) is 4.79 Å². The quantitative estimate of drug-likeness (QED) is 0.619. The van der Waals surface area contributed by atoms with Crippen LogP contribution in [0.25, 0.3) is 10.9 Å². The van der Waals surface area contributed by atoms with Crippen LogP contribution in [0.1, 0.15) is 15.1 Å². The van der Waals surface area contributed by atoms with Crippen LogP contribution in [0, 0.1) is 0 Å². The highest BCUT2D eigenvalue weighted by molar-refractivity contribution is 5.91. The van der Waals surface area contributed by atoms with E-state index in [9.17, 15) is 4.79 Å². The van der Waals surface area contributed by atoms with Crippen molar-refractivity contribution in [1.29, 1.82) is 0 Å². The topological polar surface area (TPSA) is 112 Å². The number of ether oxygens (including phenoxy) is 4. The number of nitrogen functional groups attached to an aromatic ring is 1. The van der Waals surface area contributed by atoms with Crippen LogP contribution in [-0.4, -0.2) is 73.7 Å². The van der Waals surface area contributed by atoms with Gasteiger partial charge < -0.3 is 34.5 Å². The van der Waals surface area contributed by atoms with Gasteiger partial charge in [-0.15, -0.1) is 0 Å². The lowest BCUT2D eigenvalue weighted by Crippen LogP contribution is -2.54. The maximum atomic E-state index is 13.8. The number of hydrogen-bond acceptors (Lipinski definition) is 9. The fourth-order valence-corrected chi connectivity index (χ4v) is 3.05. The Morgan fingerprint density at radius 1 is 1.15 bits per heavy atom. The average molecular weight is 463 g/mol. The van der Waals surface area contributed by atoms with E-state index in [1.165, 1.54) is 32.4 Å². The van der Waals surface area contributed by atoms with Gasteiger partial charge in [0, 0.05) is 37.4 Å². The van der Waals surface area contributed by atoms with Crippen molar-refractivity contribution in [2.75, 3.05) is 57.4 Å². The first-order chi connectivity index (χ1) is 20.3. The van der Waals surface area contributed by atoms with E-state index in [2.05, 4.69) is 9.97 Å². The summed E-state index contributed by atoms with van der Waals surface area (Å²) in [5, 5.41) is -0.247. The molecule has 33 heavy (non-hydrogen) atoms. The summed E-state index contributed by atoms with van der Waals surface area (Å²) >= 11 is 0. The maximum Gasteiger partial charge on any atom is 0.267 e. The molecule has 0 radical (unpaired) electrons. The van der Waals surface area contributed by atoms with Gasteiger partial charge in [-0.25, -0.2) is 4.98 Å². The van der Waals surface area contributed by atoms with Gasteiger partial charge in [0.05, 0.1) is 34.8 Å². The highest BCUT2D eigenvalue weighted by atomic mass is 16.6. The number of anilines is 2. The largest absolute Gasteiger partial charge is 0.493 e. The van der Waals surface area contributed by atoms with Crippen LogP contribution in [-0.2, 0) is 4.79 Å². The molecule has 172 valence electrons. The minimum atomic E-state index is -3.73. The maximum absolute atomic E-state index is 13.8. The molecule has 3 aromatic rings. The zero-order valence-electron chi connectivity index (χ0n) is 28.4. The number of hydrogen-bond donors (Lipinski definition) is 1. The van der Waals surface area contributed by atoms with Crippen LogP contribution >= 0.6 is 0 Å². The summed E-state index contributed by atoms with van der Waals surface area (Å²) in [6.07, 6.45) is -2.84. The minimum Gasteiger partial charge on any atom is -0.493 e. The molecule has 10 heteroatoms. The number of methoxy groups -OCH3 is 2. The highest BCUT2D eigenvalue weighted by Crippen LogP contribution is 2.34. The molecule has 0 spiro atoms. The minimum absolute atomic E-state index is 0.0660. The Balaban J connectivity index is 1.68. The van der Waals surface area contributed by atoms with E-state index in [1.54, 1.807) is 6.07 Å².